The molecule has 0 spiro atoms. The quantitative estimate of drug-likeness (QED) is 0.931. The smallest absolute Gasteiger partial charge is 0.303 e. The minimum Gasteiger partial charge on any atom is -0.481 e. The third-order valence-corrected chi connectivity index (χ3v) is 3.33. The number of amides is 1. The molecule has 0 bridgehead atoms. The van der Waals surface area contributed by atoms with E-state index in [0.29, 0.717) is 18.2 Å². The SMILES string of the molecule is CC1(C)CON(Cc2ccccc2Cl)C1=O.CCC(=O)O. The fourth-order valence-electron chi connectivity index (χ4n) is 1.60. The molecular weight excluding hydrogens is 294 g/mol. The molecule has 1 aliphatic heterocycles. The van der Waals surface area contributed by atoms with Crippen LogP contribution in [-0.2, 0) is 21.0 Å². The molecule has 1 aliphatic rings. The fraction of sp³-hybridized carbons (Fsp3) is 0.467. The number of hydrogen-bond acceptors (Lipinski definition) is 3. The Labute approximate surface area is 129 Å². The second-order valence-corrected chi connectivity index (χ2v) is 5.74. The number of hydroxylamine groups is 2. The van der Waals surface area contributed by atoms with Crippen LogP contribution in [0.5, 0.6) is 0 Å². The van der Waals surface area contributed by atoms with Crippen molar-refractivity contribution in [2.24, 2.45) is 5.41 Å². The summed E-state index contributed by atoms with van der Waals surface area (Å²) in [6.07, 6.45) is 0.222. The van der Waals surface area contributed by atoms with Crippen molar-refractivity contribution in [3.05, 3.63) is 34.9 Å². The van der Waals surface area contributed by atoms with Crippen LogP contribution in [0, 0.1) is 5.41 Å². The average molecular weight is 314 g/mol. The minimum atomic E-state index is -0.745. The molecular formula is C15H20ClNO4. The van der Waals surface area contributed by atoms with Crippen LogP contribution in [0.25, 0.3) is 0 Å². The Bertz CT molecular complexity index is 516. The summed E-state index contributed by atoms with van der Waals surface area (Å²) >= 11 is 6.03. The van der Waals surface area contributed by atoms with Crippen LogP contribution < -0.4 is 0 Å². The topological polar surface area (TPSA) is 66.8 Å². The van der Waals surface area contributed by atoms with Crippen LogP contribution in [0.3, 0.4) is 0 Å². The summed E-state index contributed by atoms with van der Waals surface area (Å²) in [6, 6.07) is 7.46. The van der Waals surface area contributed by atoms with Gasteiger partial charge in [0.1, 0.15) is 0 Å². The average Bonchev–Trinajstić information content (AvgIpc) is 2.69. The lowest BCUT2D eigenvalue weighted by molar-refractivity contribution is -0.165. The number of carbonyl (C=O) groups excluding carboxylic acids is 1. The Hall–Kier alpha value is -1.59. The zero-order valence-electron chi connectivity index (χ0n) is 12.4. The summed E-state index contributed by atoms with van der Waals surface area (Å²) in [4.78, 5) is 26.6. The zero-order valence-corrected chi connectivity index (χ0v) is 13.2. The Morgan fingerprint density at radius 3 is 2.43 bits per heavy atom. The van der Waals surface area contributed by atoms with Crippen LogP contribution in [0.15, 0.2) is 24.3 Å². The first-order chi connectivity index (χ1) is 9.77. The van der Waals surface area contributed by atoms with Crippen molar-refractivity contribution in [2.75, 3.05) is 6.61 Å². The van der Waals surface area contributed by atoms with Gasteiger partial charge in [0.25, 0.3) is 5.91 Å². The highest BCUT2D eigenvalue weighted by Gasteiger charge is 2.40. The van der Waals surface area contributed by atoms with Crippen LogP contribution in [0.2, 0.25) is 5.02 Å². The van der Waals surface area contributed by atoms with Crippen LogP contribution in [0.1, 0.15) is 32.8 Å². The number of hydrogen-bond donors (Lipinski definition) is 1. The molecule has 1 N–H and O–H groups in total. The van der Waals surface area contributed by atoms with E-state index < -0.39 is 11.4 Å². The van der Waals surface area contributed by atoms with E-state index in [9.17, 15) is 9.59 Å². The predicted octanol–water partition coefficient (Wildman–Crippen LogP) is 3.12. The molecule has 1 saturated heterocycles. The Morgan fingerprint density at radius 2 is 2.00 bits per heavy atom. The fourth-order valence-corrected chi connectivity index (χ4v) is 1.79. The van der Waals surface area contributed by atoms with Crippen molar-refractivity contribution in [3.63, 3.8) is 0 Å². The van der Waals surface area contributed by atoms with Crippen molar-refractivity contribution in [3.8, 4) is 0 Å². The van der Waals surface area contributed by atoms with E-state index in [1.807, 2.05) is 38.1 Å². The van der Waals surface area contributed by atoms with Gasteiger partial charge in [0.15, 0.2) is 0 Å². The molecule has 1 aromatic rings. The van der Waals surface area contributed by atoms with E-state index >= 15 is 0 Å². The van der Waals surface area contributed by atoms with E-state index in [0.717, 1.165) is 5.56 Å². The van der Waals surface area contributed by atoms with Crippen molar-refractivity contribution >= 4 is 23.5 Å². The largest absolute Gasteiger partial charge is 0.481 e. The number of nitrogens with zero attached hydrogens (tertiary/aromatic N) is 1. The van der Waals surface area contributed by atoms with E-state index in [1.165, 1.54) is 5.06 Å². The van der Waals surface area contributed by atoms with Crippen LogP contribution in [0.4, 0.5) is 0 Å². The number of rotatable bonds is 3. The number of carboxylic acids is 1. The van der Waals surface area contributed by atoms with Crippen molar-refractivity contribution in [1.82, 2.24) is 5.06 Å². The normalized spacial score (nSPS) is 16.4. The third kappa shape index (κ3) is 5.02. The second-order valence-electron chi connectivity index (χ2n) is 5.34. The molecule has 0 unspecified atom stereocenters. The molecule has 5 nitrogen and oxygen atoms in total. The number of carbonyl (C=O) groups is 2. The molecule has 0 aliphatic carbocycles. The van der Waals surface area contributed by atoms with Crippen LogP contribution in [-0.4, -0.2) is 28.7 Å². The maximum absolute atomic E-state index is 11.9. The van der Waals surface area contributed by atoms with Gasteiger partial charge in [-0.1, -0.05) is 36.7 Å². The minimum absolute atomic E-state index is 0.00687. The van der Waals surface area contributed by atoms with Gasteiger partial charge in [-0.3, -0.25) is 14.4 Å². The molecule has 1 amide bonds. The van der Waals surface area contributed by atoms with E-state index in [4.69, 9.17) is 21.5 Å². The molecule has 0 atom stereocenters. The molecule has 1 fully saturated rings. The molecule has 116 valence electrons. The molecule has 1 heterocycles. The lowest BCUT2D eigenvalue weighted by Gasteiger charge is -2.16. The van der Waals surface area contributed by atoms with Gasteiger partial charge in [-0.2, -0.15) is 0 Å². The van der Waals surface area contributed by atoms with E-state index in [1.54, 1.807) is 6.92 Å². The number of halogens is 1. The monoisotopic (exact) mass is 313 g/mol. The second kappa shape index (κ2) is 7.43. The number of benzene rings is 1. The molecule has 0 radical (unpaired) electrons. The molecule has 0 saturated carbocycles. The van der Waals surface area contributed by atoms with Gasteiger partial charge in [-0.15, -0.1) is 0 Å². The molecule has 21 heavy (non-hydrogen) atoms. The van der Waals surface area contributed by atoms with Crippen LogP contribution >= 0.6 is 11.6 Å². The molecule has 1 aromatic carbocycles. The first kappa shape index (κ1) is 17.5. The number of aliphatic carboxylic acids is 1. The van der Waals surface area contributed by atoms with Gasteiger partial charge in [0.05, 0.1) is 18.6 Å². The maximum Gasteiger partial charge on any atom is 0.303 e. The summed E-state index contributed by atoms with van der Waals surface area (Å²) in [5.74, 6) is -0.739. The van der Waals surface area contributed by atoms with Crippen molar-refractivity contribution < 1.29 is 19.5 Å². The summed E-state index contributed by atoms with van der Waals surface area (Å²) in [5.41, 5.74) is 0.469. The van der Waals surface area contributed by atoms with Gasteiger partial charge >= 0.3 is 5.97 Å². The predicted molar refractivity (Wildman–Crippen MR) is 79.7 cm³/mol. The summed E-state index contributed by atoms with van der Waals surface area (Å²) in [5, 5.41) is 9.77. The maximum atomic E-state index is 11.9. The summed E-state index contributed by atoms with van der Waals surface area (Å²) in [7, 11) is 0. The number of carboxylic acid groups (broad SMARTS) is 1. The van der Waals surface area contributed by atoms with Gasteiger partial charge in [0.2, 0.25) is 0 Å². The zero-order chi connectivity index (χ0) is 16.0. The highest BCUT2D eigenvalue weighted by molar-refractivity contribution is 6.31. The molecule has 6 heteroatoms. The third-order valence-electron chi connectivity index (χ3n) is 2.96. The molecule has 2 rings (SSSR count). The standard InChI is InChI=1S/C12H14ClNO2.C3H6O2/c1-12(2)8-16-14(11(12)15)7-9-5-3-4-6-10(9)13;1-2-3(4)5/h3-6H,7-8H2,1-2H3;2H2,1H3,(H,4,5). The highest BCUT2D eigenvalue weighted by atomic mass is 35.5. The Morgan fingerprint density at radius 1 is 1.43 bits per heavy atom. The Kier molecular flexibility index (Phi) is 6.18. The first-order valence-corrected chi connectivity index (χ1v) is 7.06. The van der Waals surface area contributed by atoms with Gasteiger partial charge in [0, 0.05) is 11.4 Å². The molecule has 0 aromatic heterocycles. The summed E-state index contributed by atoms with van der Waals surface area (Å²) in [6.45, 7) is 6.18. The van der Waals surface area contributed by atoms with Crippen molar-refractivity contribution in [1.29, 1.82) is 0 Å². The lowest BCUT2D eigenvalue weighted by Crippen LogP contribution is -2.30. The highest BCUT2D eigenvalue weighted by Crippen LogP contribution is 2.29. The van der Waals surface area contributed by atoms with E-state index in [-0.39, 0.29) is 12.3 Å². The van der Waals surface area contributed by atoms with Gasteiger partial charge in [-0.05, 0) is 25.5 Å². The lowest BCUT2D eigenvalue weighted by atomic mass is 9.95. The van der Waals surface area contributed by atoms with Crippen molar-refractivity contribution in [2.45, 2.75) is 33.7 Å². The van der Waals surface area contributed by atoms with Gasteiger partial charge < -0.3 is 5.11 Å². The Balaban J connectivity index is 0.000000383. The van der Waals surface area contributed by atoms with E-state index in [2.05, 4.69) is 0 Å². The first-order valence-electron chi connectivity index (χ1n) is 6.68. The summed E-state index contributed by atoms with van der Waals surface area (Å²) < 4.78 is 0. The van der Waals surface area contributed by atoms with Gasteiger partial charge in [-0.25, -0.2) is 5.06 Å².